The molecule has 1 saturated heterocycles. The molecule has 1 N–H and O–H groups in total. The van der Waals surface area contributed by atoms with Gasteiger partial charge in [0.2, 0.25) is 5.91 Å². The highest BCUT2D eigenvalue weighted by molar-refractivity contribution is 8.00. The summed E-state index contributed by atoms with van der Waals surface area (Å²) in [5, 5.41) is 9.42. The fourth-order valence-corrected chi connectivity index (χ4v) is 3.29. The Hall–Kier alpha value is -1.20. The van der Waals surface area contributed by atoms with Crippen LogP contribution in [0.25, 0.3) is 0 Å². The molecule has 2 rings (SSSR count). The van der Waals surface area contributed by atoms with E-state index in [1.54, 1.807) is 30.7 Å². The van der Waals surface area contributed by atoms with E-state index in [1.807, 2.05) is 24.3 Å². The summed E-state index contributed by atoms with van der Waals surface area (Å²) in [5.41, 5.74) is 0.983. The number of thioether (sulfide) groups is 1. The Morgan fingerprint density at radius 2 is 2.28 bits per heavy atom. The lowest BCUT2D eigenvalue weighted by atomic mass is 10.1. The van der Waals surface area contributed by atoms with Crippen molar-refractivity contribution in [1.82, 2.24) is 4.90 Å². The molecule has 1 amide bonds. The molecular formula is C13H17NO3S. The van der Waals surface area contributed by atoms with Crippen molar-refractivity contribution in [1.29, 1.82) is 0 Å². The van der Waals surface area contributed by atoms with Crippen molar-refractivity contribution in [2.75, 3.05) is 19.4 Å². The number of aliphatic hydroxyl groups is 1. The second-order valence-electron chi connectivity index (χ2n) is 4.30. The first-order chi connectivity index (χ1) is 8.63. The molecule has 1 heterocycles. The number of carbonyl (C=O) groups excluding carboxylic acids is 1. The van der Waals surface area contributed by atoms with Crippen molar-refractivity contribution in [3.63, 3.8) is 0 Å². The number of amides is 1. The molecule has 1 fully saturated rings. The molecule has 18 heavy (non-hydrogen) atoms. The number of hydrogen-bond donors (Lipinski definition) is 1. The number of aliphatic hydroxyl groups excluding tert-OH is 1. The fraction of sp³-hybridized carbons (Fsp3) is 0.462. The van der Waals surface area contributed by atoms with Crippen molar-refractivity contribution in [3.05, 3.63) is 29.8 Å². The van der Waals surface area contributed by atoms with Crippen molar-refractivity contribution in [2.45, 2.75) is 18.4 Å². The maximum Gasteiger partial charge on any atom is 0.233 e. The van der Waals surface area contributed by atoms with Gasteiger partial charge in [-0.25, -0.2) is 0 Å². The Bertz CT molecular complexity index is 436. The zero-order chi connectivity index (χ0) is 13.1. The number of ether oxygens (including phenoxy) is 1. The van der Waals surface area contributed by atoms with E-state index < -0.39 is 6.10 Å². The molecule has 1 aromatic carbocycles. The molecule has 0 spiro atoms. The average Bonchev–Trinajstić information content (AvgIpc) is 2.70. The maximum absolute atomic E-state index is 11.8. The molecule has 2 atom stereocenters. The quantitative estimate of drug-likeness (QED) is 0.901. The van der Waals surface area contributed by atoms with Gasteiger partial charge >= 0.3 is 0 Å². The first kappa shape index (κ1) is 13.2. The third kappa shape index (κ3) is 2.62. The molecular weight excluding hydrogens is 250 g/mol. The van der Waals surface area contributed by atoms with E-state index in [4.69, 9.17) is 4.74 Å². The van der Waals surface area contributed by atoms with Gasteiger partial charge in [0.25, 0.3) is 0 Å². The summed E-state index contributed by atoms with van der Waals surface area (Å²) >= 11 is 1.57. The third-order valence-electron chi connectivity index (χ3n) is 2.83. The van der Waals surface area contributed by atoms with Gasteiger partial charge in [-0.2, -0.15) is 0 Å². The SMILES string of the molecule is COc1ccccc1[C@H]1SCC(=O)N1C[C@@H](C)O. The molecule has 0 unspecified atom stereocenters. The van der Waals surface area contributed by atoms with Gasteiger partial charge < -0.3 is 14.7 Å². The van der Waals surface area contributed by atoms with E-state index in [9.17, 15) is 9.90 Å². The predicted molar refractivity (Wildman–Crippen MR) is 71.6 cm³/mol. The van der Waals surface area contributed by atoms with Crippen molar-refractivity contribution in [3.8, 4) is 5.75 Å². The number of para-hydroxylation sites is 1. The molecule has 98 valence electrons. The smallest absolute Gasteiger partial charge is 0.233 e. The Labute approximate surface area is 111 Å². The topological polar surface area (TPSA) is 49.8 Å². The molecule has 4 nitrogen and oxygen atoms in total. The highest BCUT2D eigenvalue weighted by Crippen LogP contribution is 2.42. The monoisotopic (exact) mass is 267 g/mol. The highest BCUT2D eigenvalue weighted by atomic mass is 32.2. The van der Waals surface area contributed by atoms with Gasteiger partial charge in [-0.1, -0.05) is 18.2 Å². The molecule has 0 saturated carbocycles. The van der Waals surface area contributed by atoms with E-state index in [0.29, 0.717) is 12.3 Å². The van der Waals surface area contributed by atoms with Gasteiger partial charge in [0, 0.05) is 12.1 Å². The third-order valence-corrected chi connectivity index (χ3v) is 4.07. The Morgan fingerprint density at radius 3 is 2.94 bits per heavy atom. The van der Waals surface area contributed by atoms with Crippen molar-refractivity contribution >= 4 is 17.7 Å². The molecule has 1 aliphatic heterocycles. The van der Waals surface area contributed by atoms with Gasteiger partial charge in [0.15, 0.2) is 0 Å². The largest absolute Gasteiger partial charge is 0.496 e. The Morgan fingerprint density at radius 1 is 1.56 bits per heavy atom. The van der Waals surface area contributed by atoms with Crippen LogP contribution in [0.3, 0.4) is 0 Å². The summed E-state index contributed by atoms with van der Waals surface area (Å²) in [6, 6.07) is 7.69. The zero-order valence-corrected chi connectivity index (χ0v) is 11.3. The van der Waals surface area contributed by atoms with Crippen molar-refractivity contribution < 1.29 is 14.6 Å². The Kier molecular flexibility index (Phi) is 4.14. The normalized spacial score (nSPS) is 21.2. The number of hydrogen-bond acceptors (Lipinski definition) is 4. The van der Waals surface area contributed by atoms with Crippen LogP contribution in [0.5, 0.6) is 5.75 Å². The minimum absolute atomic E-state index is 0.0664. The van der Waals surface area contributed by atoms with Gasteiger partial charge in [-0.05, 0) is 13.0 Å². The number of benzene rings is 1. The summed E-state index contributed by atoms with van der Waals surface area (Å²) < 4.78 is 5.33. The van der Waals surface area contributed by atoms with Crippen LogP contribution in [0.2, 0.25) is 0 Å². The minimum Gasteiger partial charge on any atom is -0.496 e. The van der Waals surface area contributed by atoms with E-state index in [2.05, 4.69) is 0 Å². The summed E-state index contributed by atoms with van der Waals surface area (Å²) in [7, 11) is 1.62. The molecule has 0 radical (unpaired) electrons. The molecule has 0 bridgehead atoms. The second-order valence-corrected chi connectivity index (χ2v) is 5.37. The second kappa shape index (κ2) is 5.63. The number of methoxy groups -OCH3 is 1. The summed E-state index contributed by atoms with van der Waals surface area (Å²) in [5.74, 6) is 1.30. The van der Waals surface area contributed by atoms with E-state index in [0.717, 1.165) is 11.3 Å². The first-order valence-electron chi connectivity index (χ1n) is 5.85. The number of rotatable bonds is 4. The van der Waals surface area contributed by atoms with Crippen LogP contribution in [0.4, 0.5) is 0 Å². The first-order valence-corrected chi connectivity index (χ1v) is 6.90. The van der Waals surface area contributed by atoms with Crippen LogP contribution in [-0.2, 0) is 4.79 Å². The number of β-amino-alcohol motifs (C(OH)–C–C–N with tert-alkyl or cyclic N) is 1. The highest BCUT2D eigenvalue weighted by Gasteiger charge is 2.34. The molecule has 5 heteroatoms. The summed E-state index contributed by atoms with van der Waals surface area (Å²) in [6.07, 6.45) is -0.523. The Balaban J connectivity index is 2.28. The zero-order valence-electron chi connectivity index (χ0n) is 10.5. The summed E-state index contributed by atoms with van der Waals surface area (Å²) in [6.45, 7) is 2.05. The molecule has 0 aliphatic carbocycles. The van der Waals surface area contributed by atoms with Gasteiger partial charge in [0.1, 0.15) is 11.1 Å². The summed E-state index contributed by atoms with van der Waals surface area (Å²) in [4.78, 5) is 13.6. The minimum atomic E-state index is -0.523. The van der Waals surface area contributed by atoms with Crippen LogP contribution in [0.1, 0.15) is 17.9 Å². The van der Waals surface area contributed by atoms with Gasteiger partial charge in [0.05, 0.1) is 19.0 Å². The van der Waals surface area contributed by atoms with Crippen molar-refractivity contribution in [2.24, 2.45) is 0 Å². The predicted octanol–water partition coefficient (Wildman–Crippen LogP) is 1.65. The lowest BCUT2D eigenvalue weighted by molar-refractivity contribution is -0.129. The van der Waals surface area contributed by atoms with Gasteiger partial charge in [-0.15, -0.1) is 11.8 Å². The van der Waals surface area contributed by atoms with E-state index >= 15 is 0 Å². The van der Waals surface area contributed by atoms with Crippen LogP contribution in [0, 0.1) is 0 Å². The van der Waals surface area contributed by atoms with Crippen LogP contribution in [0.15, 0.2) is 24.3 Å². The molecule has 1 aromatic rings. The van der Waals surface area contributed by atoms with Gasteiger partial charge in [-0.3, -0.25) is 4.79 Å². The van der Waals surface area contributed by atoms with Crippen LogP contribution >= 0.6 is 11.8 Å². The lowest BCUT2D eigenvalue weighted by Crippen LogP contribution is -2.34. The number of carbonyl (C=O) groups is 1. The van der Waals surface area contributed by atoms with Crippen LogP contribution < -0.4 is 4.74 Å². The number of nitrogens with zero attached hydrogens (tertiary/aromatic N) is 1. The van der Waals surface area contributed by atoms with E-state index in [-0.39, 0.29) is 11.3 Å². The molecule has 1 aliphatic rings. The average molecular weight is 267 g/mol. The van der Waals surface area contributed by atoms with Crippen LogP contribution in [-0.4, -0.2) is 41.4 Å². The fourth-order valence-electron chi connectivity index (χ4n) is 2.06. The lowest BCUT2D eigenvalue weighted by Gasteiger charge is -2.26. The van der Waals surface area contributed by atoms with E-state index in [1.165, 1.54) is 0 Å². The molecule has 0 aromatic heterocycles. The maximum atomic E-state index is 11.8. The standard InChI is InChI=1S/C13H17NO3S/c1-9(15)7-14-12(16)8-18-13(14)10-5-3-4-6-11(10)17-2/h3-6,9,13,15H,7-8H2,1-2H3/t9-,13-/m1/s1.